The Bertz CT molecular complexity index is 613. The maximum atomic E-state index is 13.4. The van der Waals surface area contributed by atoms with Gasteiger partial charge in [0.25, 0.3) is 0 Å². The summed E-state index contributed by atoms with van der Waals surface area (Å²) in [4.78, 5) is 0. The van der Waals surface area contributed by atoms with Crippen molar-refractivity contribution in [3.05, 3.63) is 63.9 Å². The molecule has 0 amide bonds. The molecule has 0 spiro atoms. The van der Waals surface area contributed by atoms with Crippen molar-refractivity contribution in [1.82, 2.24) is 0 Å². The first-order valence-corrected chi connectivity index (χ1v) is 6.66. The number of benzene rings is 2. The van der Waals surface area contributed by atoms with Gasteiger partial charge in [-0.2, -0.15) is 0 Å². The van der Waals surface area contributed by atoms with E-state index in [1.807, 2.05) is 25.1 Å². The summed E-state index contributed by atoms with van der Waals surface area (Å²) in [7, 11) is 1.58. The van der Waals surface area contributed by atoms with Gasteiger partial charge in [-0.25, -0.2) is 4.39 Å². The van der Waals surface area contributed by atoms with Crippen LogP contribution in [0.3, 0.4) is 0 Å². The van der Waals surface area contributed by atoms with Crippen LogP contribution in [0.25, 0.3) is 0 Å². The second kappa shape index (κ2) is 6.25. The van der Waals surface area contributed by atoms with Gasteiger partial charge in [0, 0.05) is 12.0 Å². The van der Waals surface area contributed by atoms with Gasteiger partial charge in [-0.3, -0.25) is 0 Å². The highest BCUT2D eigenvalue weighted by Crippen LogP contribution is 2.30. The minimum Gasteiger partial charge on any atom is -0.496 e. The molecule has 2 rings (SSSR count). The first-order valence-electron chi connectivity index (χ1n) is 6.28. The fourth-order valence-electron chi connectivity index (χ4n) is 2.16. The summed E-state index contributed by atoms with van der Waals surface area (Å²) in [6.45, 7) is 1.96. The summed E-state index contributed by atoms with van der Waals surface area (Å²) in [5.74, 6) is 0.168. The average molecular weight is 295 g/mol. The molecule has 0 aromatic heterocycles. The standard InChI is InChI=1S/C16H16ClFO2/c1-10-6-7-15(20-2)11(8-10)9-14(19)12-4-3-5-13(18)16(12)17/h3-8,14,19H,9H2,1-2H3. The maximum absolute atomic E-state index is 13.4. The lowest BCUT2D eigenvalue weighted by Gasteiger charge is -2.15. The normalized spacial score (nSPS) is 12.2. The predicted octanol–water partition coefficient (Wildman–Crippen LogP) is 4.07. The summed E-state index contributed by atoms with van der Waals surface area (Å²) in [5, 5.41) is 10.2. The number of rotatable bonds is 4. The van der Waals surface area contributed by atoms with E-state index in [4.69, 9.17) is 16.3 Å². The Morgan fingerprint density at radius 2 is 2.05 bits per heavy atom. The van der Waals surface area contributed by atoms with Crippen LogP contribution in [-0.4, -0.2) is 12.2 Å². The fraction of sp³-hybridized carbons (Fsp3) is 0.250. The number of aliphatic hydroxyl groups excluding tert-OH is 1. The number of hydrogen-bond donors (Lipinski definition) is 1. The molecule has 1 N–H and O–H groups in total. The molecule has 0 radical (unpaired) electrons. The van der Waals surface area contributed by atoms with Crippen molar-refractivity contribution in [2.45, 2.75) is 19.4 Å². The third-order valence-electron chi connectivity index (χ3n) is 3.19. The molecule has 0 saturated heterocycles. The Hall–Kier alpha value is -1.58. The third kappa shape index (κ3) is 3.11. The van der Waals surface area contributed by atoms with E-state index >= 15 is 0 Å². The number of hydrogen-bond acceptors (Lipinski definition) is 2. The largest absolute Gasteiger partial charge is 0.496 e. The van der Waals surface area contributed by atoms with E-state index < -0.39 is 11.9 Å². The van der Waals surface area contributed by atoms with Crippen LogP contribution in [0, 0.1) is 12.7 Å². The van der Waals surface area contributed by atoms with Crippen LogP contribution in [0.2, 0.25) is 5.02 Å². The van der Waals surface area contributed by atoms with Crippen LogP contribution in [-0.2, 0) is 6.42 Å². The molecular weight excluding hydrogens is 279 g/mol. The van der Waals surface area contributed by atoms with Crippen LogP contribution in [0.1, 0.15) is 22.8 Å². The van der Waals surface area contributed by atoms with Gasteiger partial charge in [-0.15, -0.1) is 0 Å². The van der Waals surface area contributed by atoms with Crippen LogP contribution in [0.15, 0.2) is 36.4 Å². The Morgan fingerprint density at radius 1 is 1.30 bits per heavy atom. The van der Waals surface area contributed by atoms with Crippen molar-refractivity contribution in [1.29, 1.82) is 0 Å². The third-order valence-corrected chi connectivity index (χ3v) is 3.59. The minimum absolute atomic E-state index is 0.0355. The summed E-state index contributed by atoms with van der Waals surface area (Å²) in [5.41, 5.74) is 2.31. The number of halogens is 2. The molecule has 0 aliphatic heterocycles. The maximum Gasteiger partial charge on any atom is 0.142 e. The summed E-state index contributed by atoms with van der Waals surface area (Å²) >= 11 is 5.89. The molecular formula is C16H16ClFO2. The monoisotopic (exact) mass is 294 g/mol. The molecule has 20 heavy (non-hydrogen) atoms. The lowest BCUT2D eigenvalue weighted by molar-refractivity contribution is 0.177. The van der Waals surface area contributed by atoms with Gasteiger partial charge in [0.05, 0.1) is 18.2 Å². The van der Waals surface area contributed by atoms with Crippen molar-refractivity contribution in [3.8, 4) is 5.75 Å². The highest BCUT2D eigenvalue weighted by molar-refractivity contribution is 6.31. The molecule has 4 heteroatoms. The van der Waals surface area contributed by atoms with E-state index in [2.05, 4.69) is 0 Å². The van der Waals surface area contributed by atoms with Crippen molar-refractivity contribution in [2.75, 3.05) is 7.11 Å². The van der Waals surface area contributed by atoms with Crippen LogP contribution >= 0.6 is 11.6 Å². The van der Waals surface area contributed by atoms with Crippen LogP contribution < -0.4 is 4.74 Å². The zero-order valence-electron chi connectivity index (χ0n) is 11.4. The lowest BCUT2D eigenvalue weighted by atomic mass is 9.99. The second-order valence-electron chi connectivity index (χ2n) is 4.68. The number of methoxy groups -OCH3 is 1. The Labute approximate surface area is 122 Å². The van der Waals surface area contributed by atoms with Gasteiger partial charge in [0.2, 0.25) is 0 Å². The fourth-order valence-corrected chi connectivity index (χ4v) is 2.41. The van der Waals surface area contributed by atoms with Crippen molar-refractivity contribution in [2.24, 2.45) is 0 Å². The zero-order valence-corrected chi connectivity index (χ0v) is 12.1. The Morgan fingerprint density at radius 3 is 2.75 bits per heavy atom. The Kier molecular flexibility index (Phi) is 4.63. The van der Waals surface area contributed by atoms with E-state index in [1.165, 1.54) is 12.1 Å². The van der Waals surface area contributed by atoms with Crippen LogP contribution in [0.5, 0.6) is 5.75 Å². The predicted molar refractivity (Wildman–Crippen MR) is 77.8 cm³/mol. The lowest BCUT2D eigenvalue weighted by Crippen LogP contribution is -2.05. The highest BCUT2D eigenvalue weighted by Gasteiger charge is 2.16. The molecule has 106 valence electrons. The molecule has 0 saturated carbocycles. The van der Waals surface area contributed by atoms with Gasteiger partial charge in [0.15, 0.2) is 0 Å². The quantitative estimate of drug-likeness (QED) is 0.921. The summed E-state index contributed by atoms with van der Waals surface area (Å²) in [6, 6.07) is 10.2. The number of ether oxygens (including phenoxy) is 1. The Balaban J connectivity index is 2.30. The smallest absolute Gasteiger partial charge is 0.142 e. The second-order valence-corrected chi connectivity index (χ2v) is 5.06. The highest BCUT2D eigenvalue weighted by atomic mass is 35.5. The molecule has 2 aromatic carbocycles. The molecule has 0 aliphatic carbocycles. The first-order chi connectivity index (χ1) is 9.52. The SMILES string of the molecule is COc1ccc(C)cc1CC(O)c1cccc(F)c1Cl. The molecule has 0 aliphatic rings. The average Bonchev–Trinajstić information content (AvgIpc) is 2.42. The number of aryl methyl sites for hydroxylation is 1. The molecule has 1 atom stereocenters. The van der Waals surface area contributed by atoms with Crippen molar-refractivity contribution in [3.63, 3.8) is 0 Å². The van der Waals surface area contributed by atoms with Gasteiger partial charge < -0.3 is 9.84 Å². The van der Waals surface area contributed by atoms with E-state index in [-0.39, 0.29) is 5.02 Å². The molecule has 2 nitrogen and oxygen atoms in total. The van der Waals surface area contributed by atoms with E-state index in [0.29, 0.717) is 17.7 Å². The van der Waals surface area contributed by atoms with E-state index in [9.17, 15) is 9.50 Å². The van der Waals surface area contributed by atoms with Gasteiger partial charge >= 0.3 is 0 Å². The minimum atomic E-state index is -0.881. The van der Waals surface area contributed by atoms with E-state index in [0.717, 1.165) is 11.1 Å². The van der Waals surface area contributed by atoms with E-state index in [1.54, 1.807) is 13.2 Å². The summed E-state index contributed by atoms with van der Waals surface area (Å²) < 4.78 is 18.7. The van der Waals surface area contributed by atoms with Crippen LogP contribution in [0.4, 0.5) is 4.39 Å². The summed E-state index contributed by atoms with van der Waals surface area (Å²) in [6.07, 6.45) is -0.567. The molecule has 0 bridgehead atoms. The molecule has 0 fully saturated rings. The molecule has 0 heterocycles. The first kappa shape index (κ1) is 14.8. The van der Waals surface area contributed by atoms with Crippen molar-refractivity contribution >= 4 is 11.6 Å². The van der Waals surface area contributed by atoms with Gasteiger partial charge in [0.1, 0.15) is 11.6 Å². The number of aliphatic hydroxyl groups is 1. The topological polar surface area (TPSA) is 29.5 Å². The zero-order chi connectivity index (χ0) is 14.7. The molecule has 1 unspecified atom stereocenters. The molecule has 2 aromatic rings. The van der Waals surface area contributed by atoms with Gasteiger partial charge in [-0.1, -0.05) is 41.4 Å². The van der Waals surface area contributed by atoms with Crippen molar-refractivity contribution < 1.29 is 14.2 Å². The van der Waals surface area contributed by atoms with Gasteiger partial charge in [-0.05, 0) is 24.6 Å².